The summed E-state index contributed by atoms with van der Waals surface area (Å²) in [5.41, 5.74) is 0.776. The molecule has 1 saturated carbocycles. The fourth-order valence-electron chi connectivity index (χ4n) is 5.43. The molecule has 1 heterocycles. The minimum absolute atomic E-state index is 0.0160. The number of carbonyl (C=O) groups is 2. The van der Waals surface area contributed by atoms with Crippen molar-refractivity contribution in [3.8, 4) is 17.2 Å². The first-order chi connectivity index (χ1) is 20.0. The average molecular weight is 585 g/mol. The van der Waals surface area contributed by atoms with Crippen molar-refractivity contribution in [1.82, 2.24) is 9.80 Å². The van der Waals surface area contributed by atoms with Crippen LogP contribution in [0.1, 0.15) is 57.1 Å². The van der Waals surface area contributed by atoms with Crippen LogP contribution in [0.4, 0.5) is 4.79 Å². The summed E-state index contributed by atoms with van der Waals surface area (Å²) in [7, 11) is 3.24. The number of methoxy groups -OCH3 is 2. The molecule has 0 radical (unpaired) electrons. The first-order valence-corrected chi connectivity index (χ1v) is 14.5. The Kier molecular flexibility index (Phi) is 10.2. The third kappa shape index (κ3) is 8.29. The van der Waals surface area contributed by atoms with E-state index in [1.807, 2.05) is 23.1 Å². The van der Waals surface area contributed by atoms with Gasteiger partial charge in [-0.2, -0.15) is 0 Å². The molecule has 1 aliphatic heterocycles. The molecule has 1 saturated heterocycles. The number of piperidine rings is 1. The van der Waals surface area contributed by atoms with Gasteiger partial charge in [0.25, 0.3) is 0 Å². The maximum Gasteiger partial charge on any atom is 0.410 e. The number of aliphatic hydroxyl groups is 1. The summed E-state index contributed by atoms with van der Waals surface area (Å²) in [6, 6.07) is 12.3. The van der Waals surface area contributed by atoms with Gasteiger partial charge < -0.3 is 39.0 Å². The largest absolute Gasteiger partial charge is 0.508 e. The number of hydrogen-bond donors (Lipinski definition) is 2. The number of likely N-dealkylation sites (tertiary alicyclic amines) is 1. The third-order valence-corrected chi connectivity index (χ3v) is 7.46. The van der Waals surface area contributed by atoms with Gasteiger partial charge in [0.05, 0.1) is 32.3 Å². The van der Waals surface area contributed by atoms with Crippen molar-refractivity contribution in [2.75, 3.05) is 40.5 Å². The molecule has 2 aromatic rings. The lowest BCUT2D eigenvalue weighted by molar-refractivity contribution is -0.141. The lowest BCUT2D eigenvalue weighted by atomic mass is 9.77. The highest BCUT2D eigenvalue weighted by Crippen LogP contribution is 2.39. The number of carbonyl (C=O) groups excluding carboxylic acids is 2. The zero-order chi connectivity index (χ0) is 30.4. The van der Waals surface area contributed by atoms with Gasteiger partial charge in [-0.25, -0.2) is 4.79 Å². The first kappa shape index (κ1) is 31.4. The predicted molar refractivity (Wildman–Crippen MR) is 157 cm³/mol. The molecule has 0 unspecified atom stereocenters. The number of phenols is 1. The summed E-state index contributed by atoms with van der Waals surface area (Å²) >= 11 is 0. The van der Waals surface area contributed by atoms with Gasteiger partial charge in [0.1, 0.15) is 22.8 Å². The van der Waals surface area contributed by atoms with Crippen molar-refractivity contribution < 1.29 is 38.7 Å². The summed E-state index contributed by atoms with van der Waals surface area (Å²) in [6.07, 6.45) is 0.877. The molecule has 10 heteroatoms. The molecule has 2 N–H and O–H groups in total. The second-order valence-electron chi connectivity index (χ2n) is 12.1. The molecule has 0 spiro atoms. The molecular weight excluding hydrogens is 540 g/mol. The Bertz CT molecular complexity index is 1230. The van der Waals surface area contributed by atoms with Gasteiger partial charge in [0, 0.05) is 51.3 Å². The standard InChI is InChI=1S/C32H44N2O8/c1-32(2,3)42-31(38)33-19-27(29(28(36)20-33)22-8-6-9-24(35)16-22)30(37)34(23-10-11-23)18-21-14-25(40-5)17-26(15-21)41-13-7-12-39-4/h6,8-9,14-17,23,27-29,35-36H,7,10-13,18-20H2,1-5H3/t27-,28+,29+/m0/s1. The second-order valence-corrected chi connectivity index (χ2v) is 12.1. The minimum atomic E-state index is -1.04. The number of nitrogens with zero attached hydrogens (tertiary/aromatic N) is 2. The van der Waals surface area contributed by atoms with Crippen LogP contribution in [-0.4, -0.2) is 90.3 Å². The Hall–Kier alpha value is -3.50. The molecule has 230 valence electrons. The van der Waals surface area contributed by atoms with E-state index in [9.17, 15) is 19.8 Å². The lowest BCUT2D eigenvalue weighted by Crippen LogP contribution is -2.56. The van der Waals surface area contributed by atoms with Crippen molar-refractivity contribution >= 4 is 12.0 Å². The number of aromatic hydroxyl groups is 1. The predicted octanol–water partition coefficient (Wildman–Crippen LogP) is 4.32. The van der Waals surface area contributed by atoms with Crippen molar-refractivity contribution in [2.45, 2.75) is 70.2 Å². The summed E-state index contributed by atoms with van der Waals surface area (Å²) < 4.78 is 22.1. The van der Waals surface area contributed by atoms with E-state index in [-0.39, 0.29) is 30.8 Å². The highest BCUT2D eigenvalue weighted by atomic mass is 16.6. The van der Waals surface area contributed by atoms with Gasteiger partial charge in [-0.05, 0) is 69.0 Å². The Labute approximate surface area is 248 Å². The highest BCUT2D eigenvalue weighted by molar-refractivity contribution is 5.82. The van der Waals surface area contributed by atoms with Crippen molar-refractivity contribution in [3.63, 3.8) is 0 Å². The monoisotopic (exact) mass is 584 g/mol. The van der Waals surface area contributed by atoms with Crippen molar-refractivity contribution in [2.24, 2.45) is 5.92 Å². The molecule has 10 nitrogen and oxygen atoms in total. The van der Waals surface area contributed by atoms with E-state index >= 15 is 0 Å². The van der Waals surface area contributed by atoms with E-state index in [2.05, 4.69) is 0 Å². The van der Waals surface area contributed by atoms with Crippen LogP contribution in [0.25, 0.3) is 0 Å². The fraction of sp³-hybridized carbons (Fsp3) is 0.562. The van der Waals surface area contributed by atoms with E-state index in [0.717, 1.165) is 24.8 Å². The van der Waals surface area contributed by atoms with Gasteiger partial charge in [-0.1, -0.05) is 12.1 Å². The molecule has 0 bridgehead atoms. The smallest absolute Gasteiger partial charge is 0.410 e. The van der Waals surface area contributed by atoms with Crippen LogP contribution in [0.2, 0.25) is 0 Å². The number of hydrogen-bond acceptors (Lipinski definition) is 8. The van der Waals surface area contributed by atoms with E-state index in [1.54, 1.807) is 59.3 Å². The summed E-state index contributed by atoms with van der Waals surface area (Å²) in [4.78, 5) is 30.8. The number of rotatable bonds is 11. The van der Waals surface area contributed by atoms with Crippen LogP contribution in [0.5, 0.6) is 17.2 Å². The normalized spacial score (nSPS) is 20.6. The quantitative estimate of drug-likeness (QED) is 0.375. The molecule has 3 atom stereocenters. The van der Waals surface area contributed by atoms with Gasteiger partial charge >= 0.3 is 6.09 Å². The molecule has 2 amide bonds. The van der Waals surface area contributed by atoms with Gasteiger partial charge in [-0.15, -0.1) is 0 Å². The van der Waals surface area contributed by atoms with Gasteiger partial charge in [-0.3, -0.25) is 4.79 Å². The topological polar surface area (TPSA) is 118 Å². The van der Waals surface area contributed by atoms with Crippen LogP contribution in [0, 0.1) is 5.92 Å². The highest BCUT2D eigenvalue weighted by Gasteiger charge is 2.46. The average Bonchev–Trinajstić information content (AvgIpc) is 3.77. The number of benzene rings is 2. The number of aliphatic hydroxyl groups excluding tert-OH is 1. The number of ether oxygens (including phenoxy) is 4. The van der Waals surface area contributed by atoms with Crippen LogP contribution < -0.4 is 9.47 Å². The van der Waals surface area contributed by atoms with E-state index in [1.165, 1.54) is 4.90 Å². The minimum Gasteiger partial charge on any atom is -0.508 e. The first-order valence-electron chi connectivity index (χ1n) is 14.5. The SMILES string of the molecule is COCCCOc1cc(CN(C(=O)[C@H]2CN(C(=O)OC(C)(C)C)C[C@@H](O)[C@@H]2c2cccc(O)c2)C2CC2)cc(OC)c1. The number of β-amino-alcohol motifs (C(OH)–C–C–N with tert-alkyl or cyclic N) is 1. The third-order valence-electron chi connectivity index (χ3n) is 7.46. The number of phenolic OH excluding ortho intramolecular Hbond substituents is 1. The van der Waals surface area contributed by atoms with Crippen LogP contribution in [0.15, 0.2) is 42.5 Å². The zero-order valence-electron chi connectivity index (χ0n) is 25.2. The van der Waals surface area contributed by atoms with Crippen molar-refractivity contribution in [1.29, 1.82) is 0 Å². The number of amides is 2. The molecule has 0 aromatic heterocycles. The molecule has 2 aromatic carbocycles. The van der Waals surface area contributed by atoms with E-state index in [4.69, 9.17) is 18.9 Å². The van der Waals surface area contributed by atoms with Gasteiger partial charge in [0.15, 0.2) is 0 Å². The van der Waals surface area contributed by atoms with Gasteiger partial charge in [0.2, 0.25) is 5.91 Å². The molecule has 2 fully saturated rings. The molecule has 1 aliphatic carbocycles. The Morgan fingerprint density at radius 3 is 2.40 bits per heavy atom. The Morgan fingerprint density at radius 1 is 1.02 bits per heavy atom. The zero-order valence-corrected chi connectivity index (χ0v) is 25.2. The lowest BCUT2D eigenvalue weighted by Gasteiger charge is -2.43. The maximum absolute atomic E-state index is 14.4. The summed E-state index contributed by atoms with van der Waals surface area (Å²) in [5, 5.41) is 21.6. The van der Waals surface area contributed by atoms with E-state index < -0.39 is 29.6 Å². The van der Waals surface area contributed by atoms with Crippen LogP contribution in [0.3, 0.4) is 0 Å². The molecule has 4 rings (SSSR count). The fourth-order valence-corrected chi connectivity index (χ4v) is 5.43. The van der Waals surface area contributed by atoms with E-state index in [0.29, 0.717) is 36.8 Å². The Balaban J connectivity index is 1.62. The maximum atomic E-state index is 14.4. The summed E-state index contributed by atoms with van der Waals surface area (Å²) in [6.45, 7) is 6.84. The molecular formula is C32H44N2O8. The molecule has 2 aliphatic rings. The van der Waals surface area contributed by atoms with Crippen LogP contribution >= 0.6 is 0 Å². The Morgan fingerprint density at radius 2 is 1.76 bits per heavy atom. The summed E-state index contributed by atoms with van der Waals surface area (Å²) in [5.74, 6) is -0.212. The van der Waals surface area contributed by atoms with Crippen LogP contribution in [-0.2, 0) is 20.8 Å². The molecule has 42 heavy (non-hydrogen) atoms. The second kappa shape index (κ2) is 13.6. The van der Waals surface area contributed by atoms with Crippen molar-refractivity contribution in [3.05, 3.63) is 53.6 Å².